The van der Waals surface area contributed by atoms with Crippen molar-refractivity contribution in [2.45, 2.75) is 25.7 Å². The first-order valence-corrected chi connectivity index (χ1v) is 10.9. The lowest BCUT2D eigenvalue weighted by Gasteiger charge is -2.30. The number of anilines is 3. The minimum Gasteiger partial charge on any atom is -0.451 e. The summed E-state index contributed by atoms with van der Waals surface area (Å²) in [6.45, 7) is 2.90. The summed E-state index contributed by atoms with van der Waals surface area (Å²) < 4.78 is 5.91. The average molecular weight is 435 g/mol. The van der Waals surface area contributed by atoms with Crippen molar-refractivity contribution >= 4 is 40.1 Å². The van der Waals surface area contributed by atoms with E-state index < -0.39 is 6.09 Å². The monoisotopic (exact) mass is 434 g/mol. The van der Waals surface area contributed by atoms with Crippen molar-refractivity contribution in [2.75, 3.05) is 42.0 Å². The Hall–Kier alpha value is -3.75. The third kappa shape index (κ3) is 3.59. The summed E-state index contributed by atoms with van der Waals surface area (Å²) in [6, 6.07) is 11.2. The zero-order valence-corrected chi connectivity index (χ0v) is 18.0. The molecule has 9 heteroatoms. The SMILES string of the molecule is COC(=O)n1ncc2c(NC(=O)NN3CCc4c(N5CCCCC5)cccc43)cccc21. The highest BCUT2D eigenvalue weighted by atomic mass is 16.5. The van der Waals surface area contributed by atoms with Gasteiger partial charge in [-0.25, -0.2) is 15.0 Å². The van der Waals surface area contributed by atoms with Crippen LogP contribution in [0.3, 0.4) is 0 Å². The summed E-state index contributed by atoms with van der Waals surface area (Å²) in [4.78, 5) is 27.2. The van der Waals surface area contributed by atoms with E-state index in [1.54, 1.807) is 18.2 Å². The minimum absolute atomic E-state index is 0.348. The fourth-order valence-electron chi connectivity index (χ4n) is 4.63. The topological polar surface area (TPSA) is 91.7 Å². The largest absolute Gasteiger partial charge is 0.451 e. The van der Waals surface area contributed by atoms with Gasteiger partial charge in [-0.15, -0.1) is 0 Å². The molecule has 0 atom stereocenters. The van der Waals surface area contributed by atoms with E-state index in [1.807, 2.05) is 5.01 Å². The van der Waals surface area contributed by atoms with E-state index in [0.717, 1.165) is 36.4 Å². The quantitative estimate of drug-likeness (QED) is 0.653. The van der Waals surface area contributed by atoms with Crippen LogP contribution in [-0.4, -0.2) is 48.6 Å². The smallest absolute Gasteiger partial charge is 0.434 e. The normalized spacial score (nSPS) is 15.5. The number of hydrogen-bond donors (Lipinski definition) is 2. The Morgan fingerprint density at radius 2 is 1.78 bits per heavy atom. The molecule has 3 heterocycles. The third-order valence-corrected chi connectivity index (χ3v) is 6.15. The van der Waals surface area contributed by atoms with E-state index in [9.17, 15) is 9.59 Å². The van der Waals surface area contributed by atoms with Crippen molar-refractivity contribution < 1.29 is 14.3 Å². The van der Waals surface area contributed by atoms with Crippen LogP contribution in [0.25, 0.3) is 10.9 Å². The molecule has 2 N–H and O–H groups in total. The number of amides is 2. The van der Waals surface area contributed by atoms with E-state index in [0.29, 0.717) is 16.6 Å². The molecule has 1 saturated heterocycles. The summed E-state index contributed by atoms with van der Waals surface area (Å²) >= 11 is 0. The second kappa shape index (κ2) is 8.41. The molecule has 3 aromatic rings. The number of nitrogens with zero attached hydrogens (tertiary/aromatic N) is 4. The molecule has 9 nitrogen and oxygen atoms in total. The maximum atomic E-state index is 12.8. The Kier molecular flexibility index (Phi) is 5.30. The molecule has 166 valence electrons. The van der Waals surface area contributed by atoms with Crippen LogP contribution in [0.2, 0.25) is 0 Å². The molecule has 0 saturated carbocycles. The fraction of sp³-hybridized carbons (Fsp3) is 0.348. The van der Waals surface area contributed by atoms with Gasteiger partial charge < -0.3 is 15.0 Å². The Morgan fingerprint density at radius 1 is 1.00 bits per heavy atom. The van der Waals surface area contributed by atoms with Crippen LogP contribution < -0.4 is 20.7 Å². The molecule has 5 rings (SSSR count). The van der Waals surface area contributed by atoms with Crippen LogP contribution in [0.4, 0.5) is 26.7 Å². The summed E-state index contributed by atoms with van der Waals surface area (Å²) in [5.41, 5.74) is 7.71. The first-order chi connectivity index (χ1) is 15.7. The van der Waals surface area contributed by atoms with Gasteiger partial charge in [-0.3, -0.25) is 5.01 Å². The first-order valence-electron chi connectivity index (χ1n) is 10.9. The number of hydrazine groups is 1. The highest BCUT2D eigenvalue weighted by Crippen LogP contribution is 2.35. The lowest BCUT2D eigenvalue weighted by atomic mass is 10.1. The Labute approximate surface area is 185 Å². The number of nitrogens with one attached hydrogen (secondary N) is 2. The zero-order valence-electron chi connectivity index (χ0n) is 18.0. The molecule has 0 spiro atoms. The van der Waals surface area contributed by atoms with Gasteiger partial charge >= 0.3 is 12.1 Å². The summed E-state index contributed by atoms with van der Waals surface area (Å²) in [5, 5.41) is 9.51. The van der Waals surface area contributed by atoms with Crippen LogP contribution in [0.15, 0.2) is 42.6 Å². The van der Waals surface area contributed by atoms with Gasteiger partial charge in [0.1, 0.15) is 0 Å². The van der Waals surface area contributed by atoms with Crippen molar-refractivity contribution in [1.82, 2.24) is 15.2 Å². The molecule has 0 unspecified atom stereocenters. The van der Waals surface area contributed by atoms with Crippen molar-refractivity contribution in [2.24, 2.45) is 0 Å². The minimum atomic E-state index is -0.584. The molecular weight excluding hydrogens is 408 g/mol. The number of carbonyl (C=O) groups is 2. The highest BCUT2D eigenvalue weighted by Gasteiger charge is 2.26. The predicted molar refractivity (Wildman–Crippen MR) is 123 cm³/mol. The van der Waals surface area contributed by atoms with E-state index in [1.165, 1.54) is 43.8 Å². The van der Waals surface area contributed by atoms with Crippen LogP contribution in [0.5, 0.6) is 0 Å². The molecule has 0 radical (unpaired) electrons. The van der Waals surface area contributed by atoms with Crippen LogP contribution in [0, 0.1) is 0 Å². The van der Waals surface area contributed by atoms with Crippen molar-refractivity contribution in [1.29, 1.82) is 0 Å². The molecule has 0 aliphatic carbocycles. The second-order valence-corrected chi connectivity index (χ2v) is 8.05. The number of benzene rings is 2. The second-order valence-electron chi connectivity index (χ2n) is 8.05. The van der Waals surface area contributed by atoms with Gasteiger partial charge in [0.25, 0.3) is 0 Å². The van der Waals surface area contributed by atoms with Gasteiger partial charge in [0, 0.05) is 36.3 Å². The number of methoxy groups -OCH3 is 1. The number of urea groups is 1. The summed E-state index contributed by atoms with van der Waals surface area (Å²) in [6.07, 6.45) is 5.60. The fourth-order valence-corrected chi connectivity index (χ4v) is 4.63. The van der Waals surface area contributed by atoms with Crippen molar-refractivity contribution in [3.8, 4) is 0 Å². The molecule has 2 aliphatic heterocycles. The van der Waals surface area contributed by atoms with Crippen LogP contribution in [0.1, 0.15) is 24.8 Å². The van der Waals surface area contributed by atoms with Gasteiger partial charge in [-0.1, -0.05) is 12.1 Å². The number of ether oxygens (including phenoxy) is 1. The molecule has 2 aliphatic rings. The van der Waals surface area contributed by atoms with Gasteiger partial charge in [-0.2, -0.15) is 9.78 Å². The number of fused-ring (bicyclic) bond motifs is 2. The van der Waals surface area contributed by atoms with Crippen molar-refractivity contribution in [3.63, 3.8) is 0 Å². The van der Waals surface area contributed by atoms with Gasteiger partial charge in [0.2, 0.25) is 0 Å². The number of rotatable bonds is 3. The maximum absolute atomic E-state index is 12.8. The third-order valence-electron chi connectivity index (χ3n) is 6.15. The highest BCUT2D eigenvalue weighted by molar-refractivity contribution is 6.02. The Balaban J connectivity index is 1.32. The van der Waals surface area contributed by atoms with E-state index in [-0.39, 0.29) is 6.03 Å². The molecule has 1 fully saturated rings. The van der Waals surface area contributed by atoms with Gasteiger partial charge in [0.05, 0.1) is 30.2 Å². The molecule has 0 bridgehead atoms. The zero-order chi connectivity index (χ0) is 22.1. The number of aromatic nitrogens is 2. The number of piperidine rings is 1. The van der Waals surface area contributed by atoms with E-state index in [4.69, 9.17) is 4.74 Å². The van der Waals surface area contributed by atoms with E-state index >= 15 is 0 Å². The average Bonchev–Trinajstić information content (AvgIpc) is 3.44. The predicted octanol–water partition coefficient (Wildman–Crippen LogP) is 3.74. The van der Waals surface area contributed by atoms with Crippen LogP contribution in [-0.2, 0) is 11.2 Å². The lowest BCUT2D eigenvalue weighted by Crippen LogP contribution is -2.43. The summed E-state index contributed by atoms with van der Waals surface area (Å²) in [7, 11) is 1.30. The van der Waals surface area contributed by atoms with Crippen LogP contribution >= 0.6 is 0 Å². The maximum Gasteiger partial charge on any atom is 0.434 e. The van der Waals surface area contributed by atoms with Crippen molar-refractivity contribution in [3.05, 3.63) is 48.2 Å². The van der Waals surface area contributed by atoms with E-state index in [2.05, 4.69) is 38.9 Å². The molecule has 32 heavy (non-hydrogen) atoms. The number of carbonyl (C=O) groups excluding carboxylic acids is 2. The Bertz CT molecular complexity index is 1170. The molecule has 2 aromatic carbocycles. The Morgan fingerprint density at radius 3 is 2.59 bits per heavy atom. The lowest BCUT2D eigenvalue weighted by molar-refractivity contribution is 0.170. The van der Waals surface area contributed by atoms with Gasteiger partial charge in [0.15, 0.2) is 0 Å². The first kappa shape index (κ1) is 20.2. The summed E-state index contributed by atoms with van der Waals surface area (Å²) in [5.74, 6) is 0. The molecular formula is C23H26N6O3. The molecule has 2 amide bonds. The number of hydrogen-bond acceptors (Lipinski definition) is 6. The molecule has 1 aromatic heterocycles. The standard InChI is InChI=1S/C23H26N6O3/c1-32-23(31)29-21-10-5-7-18(17(21)15-24-29)25-22(30)26-28-14-11-16-19(8-6-9-20(16)28)27-12-3-2-4-13-27/h5-10,15H,2-4,11-14H2,1H3,(H2,25,26,30). The van der Waals surface area contributed by atoms with Gasteiger partial charge in [-0.05, 0) is 49.9 Å².